The van der Waals surface area contributed by atoms with Crippen molar-refractivity contribution in [3.05, 3.63) is 33.3 Å². The van der Waals surface area contributed by atoms with Crippen LogP contribution in [0.3, 0.4) is 0 Å². The Kier molecular flexibility index (Phi) is 3.56. The van der Waals surface area contributed by atoms with Crippen LogP contribution in [-0.4, -0.2) is 24.1 Å². The lowest BCUT2D eigenvalue weighted by atomic mass is 9.78. The van der Waals surface area contributed by atoms with Crippen LogP contribution in [-0.2, 0) is 0 Å². The topological polar surface area (TPSA) is 72.4 Å². The Bertz CT molecular complexity index is 537. The van der Waals surface area contributed by atoms with Crippen LogP contribution < -0.4 is 10.6 Å². The van der Waals surface area contributed by atoms with Crippen molar-refractivity contribution in [3.63, 3.8) is 0 Å². The van der Waals surface area contributed by atoms with Crippen molar-refractivity contribution in [3.8, 4) is 0 Å². The molecule has 6 heteroatoms. The molecule has 1 saturated carbocycles. The average Bonchev–Trinajstić information content (AvgIpc) is 2.83. The van der Waals surface area contributed by atoms with E-state index in [2.05, 4.69) is 4.90 Å². The van der Waals surface area contributed by atoms with Crippen molar-refractivity contribution < 1.29 is 4.92 Å². The van der Waals surface area contributed by atoms with E-state index in [1.165, 1.54) is 6.07 Å². The number of hydrogen-bond donors (Lipinski definition) is 1. The summed E-state index contributed by atoms with van der Waals surface area (Å²) in [5.74, 6) is 0.967. The summed E-state index contributed by atoms with van der Waals surface area (Å²) in [7, 11) is 0. The fourth-order valence-corrected chi connectivity index (χ4v) is 3.95. The van der Waals surface area contributed by atoms with E-state index in [0.717, 1.165) is 32.4 Å². The summed E-state index contributed by atoms with van der Waals surface area (Å²) >= 11 is 6.21. The summed E-state index contributed by atoms with van der Waals surface area (Å²) in [5, 5.41) is 11.7. The molecule has 2 N–H and O–H groups in total. The molecule has 1 aliphatic carbocycles. The molecule has 0 amide bonds. The van der Waals surface area contributed by atoms with Gasteiger partial charge in [0.1, 0.15) is 5.69 Å². The number of nitrogens with zero attached hydrogens (tertiary/aromatic N) is 2. The number of halogens is 1. The Balaban J connectivity index is 1.93. The van der Waals surface area contributed by atoms with E-state index < -0.39 is 0 Å². The molecule has 1 saturated heterocycles. The summed E-state index contributed by atoms with van der Waals surface area (Å²) in [6.07, 6.45) is 3.37. The summed E-state index contributed by atoms with van der Waals surface area (Å²) in [6.45, 7) is 1.60. The van der Waals surface area contributed by atoms with Gasteiger partial charge < -0.3 is 10.6 Å². The minimum atomic E-state index is -0.358. The van der Waals surface area contributed by atoms with Crippen LogP contribution in [0.5, 0.6) is 0 Å². The fraction of sp³-hybridized carbons (Fsp3) is 0.571. The van der Waals surface area contributed by atoms with E-state index >= 15 is 0 Å². The first-order valence-corrected chi connectivity index (χ1v) is 7.39. The number of hydrogen-bond acceptors (Lipinski definition) is 4. The average molecular weight is 296 g/mol. The third-order valence-electron chi connectivity index (χ3n) is 4.63. The lowest BCUT2D eigenvalue weighted by Crippen LogP contribution is -2.38. The largest absolute Gasteiger partial charge is 0.364 e. The van der Waals surface area contributed by atoms with E-state index in [1.54, 1.807) is 12.1 Å². The van der Waals surface area contributed by atoms with Crippen LogP contribution in [0, 0.1) is 22.0 Å². The maximum absolute atomic E-state index is 11.2. The molecule has 0 aromatic heterocycles. The smallest absolute Gasteiger partial charge is 0.294 e. The number of nitrogens with two attached hydrogens (primary N) is 1. The predicted molar refractivity (Wildman–Crippen MR) is 79.1 cm³/mol. The van der Waals surface area contributed by atoms with Gasteiger partial charge in [0.25, 0.3) is 5.69 Å². The van der Waals surface area contributed by atoms with Crippen molar-refractivity contribution >= 4 is 23.0 Å². The molecule has 3 unspecified atom stereocenters. The van der Waals surface area contributed by atoms with Crippen molar-refractivity contribution in [1.82, 2.24) is 0 Å². The highest BCUT2D eigenvalue weighted by Crippen LogP contribution is 2.43. The maximum atomic E-state index is 11.2. The molecule has 1 aromatic carbocycles. The monoisotopic (exact) mass is 295 g/mol. The molecule has 0 radical (unpaired) electrons. The van der Waals surface area contributed by atoms with Gasteiger partial charge in [0, 0.05) is 25.2 Å². The number of nitro benzene ring substituents is 1. The normalized spacial score (nSPS) is 29.3. The molecule has 1 aromatic rings. The zero-order chi connectivity index (χ0) is 14.3. The third-order valence-corrected chi connectivity index (χ3v) is 4.94. The highest BCUT2D eigenvalue weighted by molar-refractivity contribution is 6.33. The van der Waals surface area contributed by atoms with Gasteiger partial charge in [-0.15, -0.1) is 0 Å². The van der Waals surface area contributed by atoms with Crippen molar-refractivity contribution in [1.29, 1.82) is 0 Å². The number of benzene rings is 1. The highest BCUT2D eigenvalue weighted by atomic mass is 35.5. The summed E-state index contributed by atoms with van der Waals surface area (Å²) in [5.41, 5.74) is 6.85. The molecule has 5 nitrogen and oxygen atoms in total. The molecule has 20 heavy (non-hydrogen) atoms. The van der Waals surface area contributed by atoms with Crippen LogP contribution in [0.15, 0.2) is 18.2 Å². The van der Waals surface area contributed by atoms with Gasteiger partial charge in [-0.05, 0) is 30.7 Å². The molecule has 2 fully saturated rings. The zero-order valence-electron chi connectivity index (χ0n) is 11.2. The zero-order valence-corrected chi connectivity index (χ0v) is 11.9. The lowest BCUT2D eigenvalue weighted by molar-refractivity contribution is -0.384. The highest BCUT2D eigenvalue weighted by Gasteiger charge is 2.40. The molecule has 3 rings (SSSR count). The maximum Gasteiger partial charge on any atom is 0.294 e. The Morgan fingerprint density at radius 2 is 2.15 bits per heavy atom. The van der Waals surface area contributed by atoms with E-state index in [4.69, 9.17) is 17.3 Å². The van der Waals surface area contributed by atoms with Crippen molar-refractivity contribution in [2.45, 2.75) is 25.3 Å². The molecule has 1 aliphatic heterocycles. The van der Waals surface area contributed by atoms with Gasteiger partial charge in [0.2, 0.25) is 0 Å². The van der Waals surface area contributed by atoms with Crippen molar-refractivity contribution in [2.24, 2.45) is 17.6 Å². The molecule has 108 valence electrons. The van der Waals surface area contributed by atoms with Gasteiger partial charge >= 0.3 is 0 Å². The van der Waals surface area contributed by atoms with Crippen LogP contribution in [0.1, 0.15) is 19.3 Å². The molecular formula is C14H18ClN3O2. The second kappa shape index (κ2) is 5.22. The summed E-state index contributed by atoms with van der Waals surface area (Å²) in [6, 6.07) is 5.06. The van der Waals surface area contributed by atoms with Crippen LogP contribution in [0.4, 0.5) is 11.4 Å². The first-order valence-electron chi connectivity index (χ1n) is 7.01. The number of para-hydroxylation sites is 1. The molecule has 0 bridgehead atoms. The van der Waals surface area contributed by atoms with Crippen LogP contribution >= 0.6 is 11.6 Å². The number of rotatable bonds is 2. The second-order valence-electron chi connectivity index (χ2n) is 5.79. The Morgan fingerprint density at radius 1 is 1.35 bits per heavy atom. The van der Waals surface area contributed by atoms with Gasteiger partial charge in [-0.2, -0.15) is 0 Å². The minimum absolute atomic E-state index is 0.0877. The molecule has 3 atom stereocenters. The Hall–Kier alpha value is -1.33. The molecule has 1 heterocycles. The lowest BCUT2D eigenvalue weighted by Gasteiger charge is -2.29. The fourth-order valence-electron chi connectivity index (χ4n) is 3.66. The second-order valence-corrected chi connectivity index (χ2v) is 6.20. The van der Waals surface area contributed by atoms with Crippen LogP contribution in [0.25, 0.3) is 0 Å². The Labute approximate surface area is 122 Å². The van der Waals surface area contributed by atoms with Crippen molar-refractivity contribution in [2.75, 3.05) is 18.0 Å². The van der Waals surface area contributed by atoms with Gasteiger partial charge in [0.05, 0.1) is 9.95 Å². The van der Waals surface area contributed by atoms with E-state index in [9.17, 15) is 10.1 Å². The Morgan fingerprint density at radius 3 is 2.85 bits per heavy atom. The van der Waals surface area contributed by atoms with E-state index in [-0.39, 0.29) is 16.7 Å². The van der Waals surface area contributed by atoms with Gasteiger partial charge in [-0.1, -0.05) is 24.1 Å². The van der Waals surface area contributed by atoms with Gasteiger partial charge in [0.15, 0.2) is 0 Å². The SMILES string of the molecule is NC1CCCC2CN(c3c(Cl)cccc3[N+](=O)[O-])CC12. The van der Waals surface area contributed by atoms with E-state index in [0.29, 0.717) is 22.5 Å². The number of nitro groups is 1. The van der Waals surface area contributed by atoms with Gasteiger partial charge in [-0.3, -0.25) is 10.1 Å². The first-order chi connectivity index (χ1) is 9.58. The third kappa shape index (κ3) is 2.25. The molecular weight excluding hydrogens is 278 g/mol. The summed E-state index contributed by atoms with van der Waals surface area (Å²) in [4.78, 5) is 12.9. The predicted octanol–water partition coefficient (Wildman–Crippen LogP) is 2.81. The van der Waals surface area contributed by atoms with Crippen LogP contribution in [0.2, 0.25) is 5.02 Å². The standard InChI is InChI=1S/C14H18ClN3O2/c15-11-4-2-6-13(18(19)20)14(11)17-7-9-3-1-5-12(16)10(9)8-17/h2,4,6,9-10,12H,1,3,5,7-8,16H2. The minimum Gasteiger partial charge on any atom is -0.364 e. The summed E-state index contributed by atoms with van der Waals surface area (Å²) < 4.78 is 0. The van der Waals surface area contributed by atoms with Gasteiger partial charge in [-0.25, -0.2) is 0 Å². The number of anilines is 1. The molecule has 2 aliphatic rings. The number of fused-ring (bicyclic) bond motifs is 1. The molecule has 0 spiro atoms. The van der Waals surface area contributed by atoms with E-state index in [1.807, 2.05) is 0 Å². The first kappa shape index (κ1) is 13.6. The quantitative estimate of drug-likeness (QED) is 0.672.